The average Bonchev–Trinajstić information content (AvgIpc) is 2.76. The molecule has 0 saturated heterocycles. The summed E-state index contributed by atoms with van der Waals surface area (Å²) in [6.45, 7) is 4.59. The fraction of sp³-hybridized carbons (Fsp3) is 0.933. The molecule has 180 valence electrons. The first-order valence-electron chi connectivity index (χ1n) is 14.6. The molecule has 0 aliphatic rings. The van der Waals surface area contributed by atoms with Crippen LogP contribution in [0, 0.1) is 0 Å². The SMILES string of the molecule is CCCCCC=CCCCCCCCCCCCCCCCCCCCCCCC. The third-order valence-electron chi connectivity index (χ3n) is 6.62. The Balaban J connectivity index is 3.02. The van der Waals surface area contributed by atoms with Gasteiger partial charge in [-0.2, -0.15) is 0 Å². The van der Waals surface area contributed by atoms with E-state index in [4.69, 9.17) is 0 Å². The van der Waals surface area contributed by atoms with Crippen molar-refractivity contribution in [2.75, 3.05) is 0 Å². The van der Waals surface area contributed by atoms with Crippen LogP contribution >= 0.6 is 0 Å². The summed E-state index contributed by atoms with van der Waals surface area (Å²) in [5, 5.41) is 0. The quantitative estimate of drug-likeness (QED) is 0.0963. The highest BCUT2D eigenvalue weighted by molar-refractivity contribution is 4.81. The standard InChI is InChI=1S/C30H60/c1-3-5-7-9-11-13-15-17-19-21-23-25-27-29-30-28-26-24-22-20-18-16-14-12-10-8-6-4-2/h11,13H,3-10,12,14-30H2,1-2H3. The largest absolute Gasteiger partial charge is 0.0885 e. The van der Waals surface area contributed by atoms with Crippen LogP contribution in [-0.4, -0.2) is 0 Å². The molecule has 0 spiro atoms. The van der Waals surface area contributed by atoms with E-state index in [1.165, 1.54) is 167 Å². The topological polar surface area (TPSA) is 0 Å². The lowest BCUT2D eigenvalue weighted by atomic mass is 10.0. The van der Waals surface area contributed by atoms with E-state index in [1.54, 1.807) is 0 Å². The van der Waals surface area contributed by atoms with Crippen LogP contribution in [0.15, 0.2) is 12.2 Å². The average molecular weight is 421 g/mol. The van der Waals surface area contributed by atoms with E-state index in [0.717, 1.165) is 0 Å². The molecule has 0 aromatic carbocycles. The maximum atomic E-state index is 2.42. The highest BCUT2D eigenvalue weighted by atomic mass is 14.0. The molecule has 0 unspecified atom stereocenters. The minimum Gasteiger partial charge on any atom is -0.0885 e. The fourth-order valence-electron chi connectivity index (χ4n) is 4.44. The number of hydrogen-bond acceptors (Lipinski definition) is 0. The molecule has 0 radical (unpaired) electrons. The van der Waals surface area contributed by atoms with Gasteiger partial charge in [-0.05, 0) is 25.7 Å². The second-order valence-corrected chi connectivity index (χ2v) is 9.83. The van der Waals surface area contributed by atoms with Gasteiger partial charge in [-0.15, -0.1) is 0 Å². The van der Waals surface area contributed by atoms with Crippen LogP contribution in [0.2, 0.25) is 0 Å². The van der Waals surface area contributed by atoms with Gasteiger partial charge in [0.2, 0.25) is 0 Å². The minimum absolute atomic E-state index is 1.30. The van der Waals surface area contributed by atoms with Crippen molar-refractivity contribution in [3.63, 3.8) is 0 Å². The number of unbranched alkanes of at least 4 members (excludes halogenated alkanes) is 24. The Morgan fingerprint density at radius 3 is 0.767 bits per heavy atom. The Hall–Kier alpha value is -0.260. The molecule has 0 saturated carbocycles. The molecule has 0 bridgehead atoms. The lowest BCUT2D eigenvalue weighted by molar-refractivity contribution is 0.520. The van der Waals surface area contributed by atoms with E-state index in [1.807, 2.05) is 0 Å². The highest BCUT2D eigenvalue weighted by Crippen LogP contribution is 2.15. The molecule has 0 aliphatic heterocycles. The first-order valence-corrected chi connectivity index (χ1v) is 14.6. The number of hydrogen-bond donors (Lipinski definition) is 0. The van der Waals surface area contributed by atoms with Crippen LogP contribution < -0.4 is 0 Å². The number of rotatable bonds is 26. The van der Waals surface area contributed by atoms with Gasteiger partial charge in [0.1, 0.15) is 0 Å². The van der Waals surface area contributed by atoms with Gasteiger partial charge in [-0.25, -0.2) is 0 Å². The van der Waals surface area contributed by atoms with Gasteiger partial charge < -0.3 is 0 Å². The Kier molecular flexibility index (Phi) is 28.5. The fourth-order valence-corrected chi connectivity index (χ4v) is 4.44. The molecule has 0 rings (SSSR count). The van der Waals surface area contributed by atoms with Gasteiger partial charge in [0.15, 0.2) is 0 Å². The van der Waals surface area contributed by atoms with Crippen molar-refractivity contribution in [2.45, 2.75) is 181 Å². The summed E-state index contributed by atoms with van der Waals surface area (Å²) >= 11 is 0. The van der Waals surface area contributed by atoms with E-state index in [0.29, 0.717) is 0 Å². The van der Waals surface area contributed by atoms with Gasteiger partial charge in [0.05, 0.1) is 0 Å². The van der Waals surface area contributed by atoms with E-state index >= 15 is 0 Å². The van der Waals surface area contributed by atoms with Crippen molar-refractivity contribution in [1.82, 2.24) is 0 Å². The zero-order chi connectivity index (χ0) is 21.8. The van der Waals surface area contributed by atoms with Gasteiger partial charge in [-0.1, -0.05) is 167 Å². The second kappa shape index (κ2) is 28.7. The molecular formula is C30H60. The molecule has 0 heterocycles. The second-order valence-electron chi connectivity index (χ2n) is 9.83. The predicted molar refractivity (Wildman–Crippen MR) is 141 cm³/mol. The number of allylic oxidation sites excluding steroid dienone is 2. The van der Waals surface area contributed by atoms with Crippen molar-refractivity contribution >= 4 is 0 Å². The molecular weight excluding hydrogens is 360 g/mol. The normalized spacial score (nSPS) is 11.7. The van der Waals surface area contributed by atoms with Crippen molar-refractivity contribution in [1.29, 1.82) is 0 Å². The summed E-state index contributed by atoms with van der Waals surface area (Å²) in [5.74, 6) is 0. The van der Waals surface area contributed by atoms with Crippen molar-refractivity contribution in [2.24, 2.45) is 0 Å². The van der Waals surface area contributed by atoms with Crippen LogP contribution in [-0.2, 0) is 0 Å². The van der Waals surface area contributed by atoms with Crippen LogP contribution in [0.4, 0.5) is 0 Å². The lowest BCUT2D eigenvalue weighted by Gasteiger charge is -2.04. The monoisotopic (exact) mass is 420 g/mol. The van der Waals surface area contributed by atoms with Crippen LogP contribution in [0.25, 0.3) is 0 Å². The molecule has 0 aromatic rings. The molecule has 0 atom stereocenters. The Bertz CT molecular complexity index is 303. The van der Waals surface area contributed by atoms with E-state index < -0.39 is 0 Å². The summed E-state index contributed by atoms with van der Waals surface area (Å²) in [6.07, 6.45) is 42.4. The lowest BCUT2D eigenvalue weighted by Crippen LogP contribution is -1.84. The third kappa shape index (κ3) is 27.7. The Morgan fingerprint density at radius 2 is 0.467 bits per heavy atom. The zero-order valence-electron chi connectivity index (χ0n) is 21.5. The summed E-state index contributed by atoms with van der Waals surface area (Å²) in [5.41, 5.74) is 0. The molecule has 0 nitrogen and oxygen atoms in total. The van der Waals surface area contributed by atoms with Crippen molar-refractivity contribution in [3.05, 3.63) is 12.2 Å². The molecule has 30 heavy (non-hydrogen) atoms. The predicted octanol–water partition coefficient (Wildman–Crippen LogP) is 11.7. The summed E-state index contributed by atoms with van der Waals surface area (Å²) < 4.78 is 0. The van der Waals surface area contributed by atoms with Gasteiger partial charge in [0, 0.05) is 0 Å². The summed E-state index contributed by atoms with van der Waals surface area (Å²) in [7, 11) is 0. The van der Waals surface area contributed by atoms with Gasteiger partial charge in [-0.3, -0.25) is 0 Å². The third-order valence-corrected chi connectivity index (χ3v) is 6.62. The Labute approximate surface area is 193 Å². The van der Waals surface area contributed by atoms with Crippen LogP contribution in [0.5, 0.6) is 0 Å². The molecule has 0 fully saturated rings. The highest BCUT2D eigenvalue weighted by Gasteiger charge is 1.95. The van der Waals surface area contributed by atoms with Crippen molar-refractivity contribution in [3.8, 4) is 0 Å². The van der Waals surface area contributed by atoms with E-state index in [2.05, 4.69) is 26.0 Å². The maximum absolute atomic E-state index is 2.42. The molecule has 0 aromatic heterocycles. The zero-order valence-corrected chi connectivity index (χ0v) is 21.5. The summed E-state index contributed by atoms with van der Waals surface area (Å²) in [4.78, 5) is 0. The molecule has 0 amide bonds. The molecule has 0 aliphatic carbocycles. The molecule has 0 N–H and O–H groups in total. The van der Waals surface area contributed by atoms with Gasteiger partial charge in [0.25, 0.3) is 0 Å². The van der Waals surface area contributed by atoms with E-state index in [9.17, 15) is 0 Å². The van der Waals surface area contributed by atoms with Crippen LogP contribution in [0.3, 0.4) is 0 Å². The van der Waals surface area contributed by atoms with Gasteiger partial charge >= 0.3 is 0 Å². The smallest absolute Gasteiger partial charge is 0.0351 e. The first-order chi connectivity index (χ1) is 14.9. The first kappa shape index (κ1) is 29.7. The van der Waals surface area contributed by atoms with E-state index in [-0.39, 0.29) is 0 Å². The van der Waals surface area contributed by atoms with Crippen molar-refractivity contribution < 1.29 is 0 Å². The molecule has 0 heteroatoms. The van der Waals surface area contributed by atoms with Crippen LogP contribution in [0.1, 0.15) is 181 Å². The maximum Gasteiger partial charge on any atom is -0.0351 e. The minimum atomic E-state index is 1.30. The Morgan fingerprint density at radius 1 is 0.267 bits per heavy atom. The summed E-state index contributed by atoms with van der Waals surface area (Å²) in [6, 6.07) is 0.